The number of nitrogens with one attached hydrogen (secondary N) is 2. The summed E-state index contributed by atoms with van der Waals surface area (Å²) in [4.78, 5) is 22.9. The number of amides is 1. The average molecular weight is 503 g/mol. The number of pyridine rings is 1. The quantitative estimate of drug-likeness (QED) is 0.367. The summed E-state index contributed by atoms with van der Waals surface area (Å²) >= 11 is 0. The highest BCUT2D eigenvalue weighted by molar-refractivity contribution is 14.0. The van der Waals surface area contributed by atoms with Gasteiger partial charge in [-0.2, -0.15) is 0 Å². The van der Waals surface area contributed by atoms with Gasteiger partial charge in [0.05, 0.1) is 6.04 Å². The highest BCUT2D eigenvalue weighted by Gasteiger charge is 2.30. The molecule has 2 N–H and O–H groups in total. The first-order valence-corrected chi connectivity index (χ1v) is 9.73. The van der Waals surface area contributed by atoms with Gasteiger partial charge in [0.1, 0.15) is 5.60 Å². The summed E-state index contributed by atoms with van der Waals surface area (Å²) in [7, 11) is 1.75. The minimum atomic E-state index is -0.477. The molecule has 1 unspecified atom stereocenters. The fourth-order valence-corrected chi connectivity index (χ4v) is 3.06. The van der Waals surface area contributed by atoms with Crippen molar-refractivity contribution in [3.05, 3.63) is 30.1 Å². The highest BCUT2D eigenvalue weighted by atomic mass is 127. The molecule has 0 bridgehead atoms. The molecule has 2 heterocycles. The number of carbonyl (C=O) groups excluding carboxylic acids is 1. The molecule has 0 saturated carbocycles. The molecule has 1 aromatic heterocycles. The third kappa shape index (κ3) is 8.62. The van der Waals surface area contributed by atoms with Crippen molar-refractivity contribution in [2.75, 3.05) is 26.7 Å². The number of nitrogens with zero attached hydrogens (tertiary/aromatic N) is 3. The van der Waals surface area contributed by atoms with Gasteiger partial charge in [-0.3, -0.25) is 9.98 Å². The van der Waals surface area contributed by atoms with Crippen molar-refractivity contribution in [1.82, 2.24) is 20.5 Å². The lowest BCUT2D eigenvalue weighted by Crippen LogP contribution is -2.52. The number of guanidine groups is 1. The predicted molar refractivity (Wildman–Crippen MR) is 123 cm³/mol. The summed E-state index contributed by atoms with van der Waals surface area (Å²) in [5.74, 6) is 0.737. The highest BCUT2D eigenvalue weighted by Crippen LogP contribution is 2.20. The summed E-state index contributed by atoms with van der Waals surface area (Å²) in [6, 6.07) is 6.03. The zero-order valence-corrected chi connectivity index (χ0v) is 19.7. The van der Waals surface area contributed by atoms with Gasteiger partial charge in [0, 0.05) is 45.0 Å². The number of carbonyl (C=O) groups is 1. The average Bonchev–Trinajstić information content (AvgIpc) is 2.64. The van der Waals surface area contributed by atoms with Gasteiger partial charge in [0.2, 0.25) is 0 Å². The van der Waals surface area contributed by atoms with Crippen LogP contribution in [0.3, 0.4) is 0 Å². The first-order valence-electron chi connectivity index (χ1n) is 9.73. The van der Waals surface area contributed by atoms with E-state index in [1.165, 1.54) is 0 Å². The normalized spacial score (nSPS) is 17.5. The predicted octanol–water partition coefficient (Wildman–Crippen LogP) is 3.20. The van der Waals surface area contributed by atoms with Crippen molar-refractivity contribution in [2.45, 2.75) is 58.1 Å². The maximum atomic E-state index is 12.5. The first-order chi connectivity index (χ1) is 12.9. The Hall–Kier alpha value is -1.58. The summed E-state index contributed by atoms with van der Waals surface area (Å²) < 4.78 is 5.56. The Morgan fingerprint density at radius 1 is 1.32 bits per heavy atom. The summed E-state index contributed by atoms with van der Waals surface area (Å²) in [5.41, 5.74) is 0.569. The number of aliphatic imine (C=N–C) groups is 1. The van der Waals surface area contributed by atoms with Crippen molar-refractivity contribution >= 4 is 36.0 Å². The zero-order valence-electron chi connectivity index (χ0n) is 17.4. The number of aromatic nitrogens is 1. The molecular formula is C20H34IN5O2. The van der Waals surface area contributed by atoms with Crippen LogP contribution in [-0.2, 0) is 11.2 Å². The molecular weight excluding hydrogens is 469 g/mol. The van der Waals surface area contributed by atoms with E-state index in [0.29, 0.717) is 6.54 Å². The minimum Gasteiger partial charge on any atom is -0.444 e. The van der Waals surface area contributed by atoms with Crippen molar-refractivity contribution in [3.8, 4) is 0 Å². The molecule has 1 aliphatic rings. The number of rotatable bonds is 5. The van der Waals surface area contributed by atoms with E-state index >= 15 is 0 Å². The lowest BCUT2D eigenvalue weighted by molar-refractivity contribution is 0.0104. The van der Waals surface area contributed by atoms with Gasteiger partial charge >= 0.3 is 6.09 Å². The molecule has 28 heavy (non-hydrogen) atoms. The topological polar surface area (TPSA) is 78.9 Å². The molecule has 0 aromatic carbocycles. The number of ether oxygens (including phenoxy) is 1. The van der Waals surface area contributed by atoms with E-state index in [1.807, 2.05) is 43.9 Å². The number of hydrogen-bond donors (Lipinski definition) is 2. The Balaban J connectivity index is 0.00000392. The monoisotopic (exact) mass is 503 g/mol. The van der Waals surface area contributed by atoms with Crippen LogP contribution in [0.5, 0.6) is 0 Å². The lowest BCUT2D eigenvalue weighted by Gasteiger charge is -2.37. The maximum absolute atomic E-state index is 12.5. The number of likely N-dealkylation sites (tertiary alicyclic amines) is 1. The molecule has 1 aliphatic heterocycles. The van der Waals surface area contributed by atoms with E-state index in [2.05, 4.69) is 20.6 Å². The van der Waals surface area contributed by atoms with Gasteiger partial charge in [-0.05, 0) is 52.2 Å². The molecule has 0 radical (unpaired) electrons. The van der Waals surface area contributed by atoms with Crippen LogP contribution in [0.4, 0.5) is 4.79 Å². The van der Waals surface area contributed by atoms with Crippen molar-refractivity contribution < 1.29 is 9.53 Å². The first kappa shape index (κ1) is 24.5. The number of piperidine rings is 1. The van der Waals surface area contributed by atoms with Gasteiger partial charge < -0.3 is 20.3 Å². The van der Waals surface area contributed by atoms with E-state index < -0.39 is 5.60 Å². The second-order valence-electron chi connectivity index (χ2n) is 7.77. The second kappa shape index (κ2) is 12.1. The van der Waals surface area contributed by atoms with Crippen molar-refractivity contribution in [1.29, 1.82) is 0 Å². The van der Waals surface area contributed by atoms with E-state index in [4.69, 9.17) is 4.74 Å². The Bertz CT molecular complexity index is 619. The van der Waals surface area contributed by atoms with E-state index in [1.54, 1.807) is 13.2 Å². The van der Waals surface area contributed by atoms with Gasteiger partial charge in [0.15, 0.2) is 5.96 Å². The fraction of sp³-hybridized carbons (Fsp3) is 0.650. The molecule has 158 valence electrons. The smallest absolute Gasteiger partial charge is 0.410 e. The van der Waals surface area contributed by atoms with E-state index in [-0.39, 0.29) is 36.1 Å². The summed E-state index contributed by atoms with van der Waals surface area (Å²) in [6.45, 7) is 7.84. The third-order valence-corrected chi connectivity index (χ3v) is 4.38. The number of hydrogen-bond acceptors (Lipinski definition) is 4. The molecule has 0 aliphatic carbocycles. The van der Waals surface area contributed by atoms with Crippen LogP contribution in [0.2, 0.25) is 0 Å². The van der Waals surface area contributed by atoms with Crippen LogP contribution in [-0.4, -0.2) is 60.3 Å². The molecule has 0 spiro atoms. The zero-order chi connectivity index (χ0) is 19.7. The number of halogens is 1. The third-order valence-electron chi connectivity index (χ3n) is 4.38. The SMILES string of the molecule is CN=C(NCCc1ccccn1)NCC1CCCCN1C(=O)OC(C)(C)C.I. The fourth-order valence-electron chi connectivity index (χ4n) is 3.06. The Kier molecular flexibility index (Phi) is 10.6. The molecule has 2 rings (SSSR count). The van der Waals surface area contributed by atoms with Gasteiger partial charge in [0.25, 0.3) is 0 Å². The van der Waals surface area contributed by atoms with Gasteiger partial charge in [-0.15, -0.1) is 24.0 Å². The summed E-state index contributed by atoms with van der Waals surface area (Å²) in [6.07, 6.45) is 5.51. The van der Waals surface area contributed by atoms with Crippen molar-refractivity contribution in [3.63, 3.8) is 0 Å². The standard InChI is InChI=1S/C20H33N5O2.HI/c1-20(2,3)27-19(26)25-14-8-6-10-17(25)15-24-18(21-4)23-13-11-16-9-5-7-12-22-16;/h5,7,9,12,17H,6,8,10-11,13-15H2,1-4H3,(H2,21,23,24);1H. The molecule has 1 atom stereocenters. The largest absolute Gasteiger partial charge is 0.444 e. The minimum absolute atomic E-state index is 0. The molecule has 1 fully saturated rings. The lowest BCUT2D eigenvalue weighted by atomic mass is 10.0. The van der Waals surface area contributed by atoms with E-state index in [0.717, 1.165) is 50.4 Å². The molecule has 1 amide bonds. The molecule has 1 saturated heterocycles. The Morgan fingerprint density at radius 2 is 2.11 bits per heavy atom. The Labute approximate surface area is 185 Å². The van der Waals surface area contributed by atoms with Gasteiger partial charge in [-0.1, -0.05) is 6.07 Å². The van der Waals surface area contributed by atoms with Crippen molar-refractivity contribution in [2.24, 2.45) is 4.99 Å². The van der Waals surface area contributed by atoms with Crippen LogP contribution in [0.25, 0.3) is 0 Å². The van der Waals surface area contributed by atoms with Crippen LogP contribution in [0.1, 0.15) is 45.7 Å². The molecule has 1 aromatic rings. The van der Waals surface area contributed by atoms with Crippen LogP contribution >= 0.6 is 24.0 Å². The Morgan fingerprint density at radius 3 is 2.75 bits per heavy atom. The maximum Gasteiger partial charge on any atom is 0.410 e. The van der Waals surface area contributed by atoms with Crippen LogP contribution in [0, 0.1) is 0 Å². The molecule has 8 heteroatoms. The van der Waals surface area contributed by atoms with E-state index in [9.17, 15) is 4.79 Å². The second-order valence-corrected chi connectivity index (χ2v) is 7.77. The molecule has 7 nitrogen and oxygen atoms in total. The van der Waals surface area contributed by atoms with Crippen LogP contribution < -0.4 is 10.6 Å². The van der Waals surface area contributed by atoms with Crippen LogP contribution in [0.15, 0.2) is 29.4 Å². The van der Waals surface area contributed by atoms with Gasteiger partial charge in [-0.25, -0.2) is 4.79 Å². The summed E-state index contributed by atoms with van der Waals surface area (Å²) in [5, 5.41) is 6.65.